The van der Waals surface area contributed by atoms with Gasteiger partial charge in [-0.1, -0.05) is 0 Å². The first-order valence-electron chi connectivity index (χ1n) is 3.52. The molecule has 0 amide bonds. The Balaban J connectivity index is 0.000000791. The summed E-state index contributed by atoms with van der Waals surface area (Å²) in [6, 6.07) is 5.09. The Kier molecular flexibility index (Phi) is 7.04. The first-order valence-corrected chi connectivity index (χ1v) is 4.82. The van der Waals surface area contributed by atoms with Gasteiger partial charge in [0.2, 0.25) is 5.69 Å². The van der Waals surface area contributed by atoms with E-state index in [-0.39, 0.29) is 0 Å². The Labute approximate surface area is 95.8 Å². The van der Waals surface area contributed by atoms with Crippen LogP contribution in [0.1, 0.15) is 0 Å². The normalized spacial score (nSPS) is 8.00. The van der Waals surface area contributed by atoms with Crippen LogP contribution < -0.4 is 9.47 Å². The average Bonchev–Trinajstić information content (AvgIpc) is 2.30. The van der Waals surface area contributed by atoms with Crippen LogP contribution in [0.2, 0.25) is 0 Å². The fraction of sp³-hybridized carbons (Fsp3) is 0.222. The van der Waals surface area contributed by atoms with E-state index in [1.165, 1.54) is 7.11 Å². The van der Waals surface area contributed by atoms with E-state index >= 15 is 0 Å². The summed E-state index contributed by atoms with van der Waals surface area (Å²) in [6.07, 6.45) is 0. The Morgan fingerprint density at radius 1 is 1.29 bits per heavy atom. The Bertz CT molecular complexity index is 325. The molecule has 1 aromatic rings. The minimum absolute atomic E-state index is 0.498. The predicted octanol–water partition coefficient (Wildman–Crippen LogP) is 2.94. The first-order chi connectivity index (χ1) is 6.81. The van der Waals surface area contributed by atoms with E-state index in [4.69, 9.17) is 16.0 Å². The van der Waals surface area contributed by atoms with Crippen LogP contribution in [0.5, 0.6) is 11.5 Å². The van der Waals surface area contributed by atoms with Crippen LogP contribution in [0.15, 0.2) is 18.2 Å². The Hall–Kier alpha value is -0.881. The minimum atomic E-state index is 0.498. The fourth-order valence-corrected chi connectivity index (χ4v) is 0.877. The van der Waals surface area contributed by atoms with E-state index in [1.54, 1.807) is 25.3 Å². The summed E-state index contributed by atoms with van der Waals surface area (Å²) < 4.78 is 9.96. The van der Waals surface area contributed by atoms with Crippen LogP contribution in [-0.4, -0.2) is 14.2 Å². The number of rotatable bonds is 2. The summed E-state index contributed by atoms with van der Waals surface area (Å²) in [5.41, 5.74) is 0.498. The predicted molar refractivity (Wildman–Crippen MR) is 51.7 cm³/mol. The molecule has 0 fully saturated rings. The van der Waals surface area contributed by atoms with Gasteiger partial charge in [-0.2, -0.15) is 0 Å². The second-order valence-electron chi connectivity index (χ2n) is 2.15. The van der Waals surface area contributed by atoms with Crippen LogP contribution in [0.3, 0.4) is 0 Å². The molecule has 0 aromatic heterocycles. The van der Waals surface area contributed by atoms with Crippen LogP contribution in [0.4, 0.5) is 5.69 Å². The van der Waals surface area contributed by atoms with Crippen molar-refractivity contribution in [1.29, 1.82) is 0 Å². The van der Waals surface area contributed by atoms with Crippen molar-refractivity contribution in [3.05, 3.63) is 29.6 Å². The Morgan fingerprint density at radius 2 is 1.93 bits per heavy atom. The van der Waals surface area contributed by atoms with Gasteiger partial charge in [-0.05, 0) is 12.1 Å². The maximum atomic E-state index is 6.82. The van der Waals surface area contributed by atoms with E-state index in [0.717, 1.165) is 0 Å². The van der Waals surface area contributed by atoms with Crippen molar-refractivity contribution in [2.24, 2.45) is 0 Å². The Morgan fingerprint density at radius 3 is 2.36 bits per heavy atom. The summed E-state index contributed by atoms with van der Waals surface area (Å²) in [4.78, 5) is 3.29. The summed E-state index contributed by atoms with van der Waals surface area (Å²) in [5.74, 6) is 1.24. The summed E-state index contributed by atoms with van der Waals surface area (Å²) in [5, 5.41) is 0. The fourth-order valence-electron chi connectivity index (χ4n) is 0.877. The number of hydrogen-bond donors (Lipinski definition) is 0. The summed E-state index contributed by atoms with van der Waals surface area (Å²) >= 11 is 3.66. The molecule has 5 heteroatoms. The molecule has 0 saturated heterocycles. The van der Waals surface area contributed by atoms with Crippen LogP contribution in [-0.2, 0) is 15.1 Å². The van der Waals surface area contributed by atoms with Crippen molar-refractivity contribution < 1.29 is 24.6 Å². The van der Waals surface area contributed by atoms with E-state index < -0.39 is 0 Å². The standard InChI is InChI=1S/C9H9NO2.ClH.Cu/c1-10-8-5-4-7(11-2)6-9(8)12-3;;/h4-6H,2-3H3;1H;/q;;+1/p-1. The SMILES string of the molecule is [C-]#[N+]c1ccc(OC)cc1OC.[Cl][Cu]. The number of ether oxygens (including phenoxy) is 2. The van der Waals surface area contributed by atoms with E-state index in [2.05, 4.69) is 30.0 Å². The van der Waals surface area contributed by atoms with Gasteiger partial charge in [0.15, 0.2) is 0 Å². The van der Waals surface area contributed by atoms with Gasteiger partial charge in [-0.15, -0.1) is 0 Å². The molecule has 0 N–H and O–H groups in total. The molecule has 0 bridgehead atoms. The molecule has 0 heterocycles. The van der Waals surface area contributed by atoms with Gasteiger partial charge in [-0.3, -0.25) is 0 Å². The molecule has 0 spiro atoms. The molecule has 3 nitrogen and oxygen atoms in total. The topological polar surface area (TPSA) is 22.8 Å². The summed E-state index contributed by atoms with van der Waals surface area (Å²) in [6.45, 7) is 6.82. The second kappa shape index (κ2) is 7.52. The van der Waals surface area contributed by atoms with Crippen LogP contribution in [0.25, 0.3) is 4.85 Å². The molecule has 0 aliphatic carbocycles. The molecule has 1 aromatic carbocycles. The number of methoxy groups -OCH3 is 2. The molecule has 14 heavy (non-hydrogen) atoms. The zero-order valence-electron chi connectivity index (χ0n) is 7.68. The molecular formula is C9H9ClCuNO2. The molecule has 0 atom stereocenters. The molecule has 0 radical (unpaired) electrons. The average molecular weight is 262 g/mol. The summed E-state index contributed by atoms with van der Waals surface area (Å²) in [7, 11) is 7.31. The van der Waals surface area contributed by atoms with Crippen molar-refractivity contribution in [2.45, 2.75) is 0 Å². The van der Waals surface area contributed by atoms with Gasteiger partial charge in [-0.25, -0.2) is 4.85 Å². The first kappa shape index (κ1) is 13.1. The van der Waals surface area contributed by atoms with E-state index in [9.17, 15) is 0 Å². The van der Waals surface area contributed by atoms with Crippen LogP contribution in [0, 0.1) is 6.57 Å². The quantitative estimate of drug-likeness (QED) is 0.604. The van der Waals surface area contributed by atoms with Crippen molar-refractivity contribution in [3.63, 3.8) is 0 Å². The van der Waals surface area contributed by atoms with Gasteiger partial charge in [0.1, 0.15) is 11.5 Å². The third kappa shape index (κ3) is 3.47. The van der Waals surface area contributed by atoms with Gasteiger partial charge in [0, 0.05) is 6.07 Å². The maximum absolute atomic E-state index is 6.82. The third-order valence-electron chi connectivity index (χ3n) is 1.51. The van der Waals surface area contributed by atoms with Gasteiger partial charge >= 0.3 is 25.2 Å². The van der Waals surface area contributed by atoms with E-state index in [0.29, 0.717) is 17.2 Å². The van der Waals surface area contributed by atoms with Crippen molar-refractivity contribution in [2.75, 3.05) is 14.2 Å². The number of hydrogen-bond acceptors (Lipinski definition) is 2. The zero-order chi connectivity index (χ0) is 11.0. The number of benzene rings is 1. The molecule has 0 saturated carbocycles. The molecule has 0 aliphatic heterocycles. The third-order valence-corrected chi connectivity index (χ3v) is 1.51. The molecule has 0 aliphatic rings. The molecule has 80 valence electrons. The molecule has 1 rings (SSSR count). The van der Waals surface area contributed by atoms with E-state index in [1.807, 2.05) is 0 Å². The van der Waals surface area contributed by atoms with Crippen molar-refractivity contribution in [1.82, 2.24) is 0 Å². The van der Waals surface area contributed by atoms with Crippen LogP contribution >= 0.6 is 10.1 Å². The second-order valence-corrected chi connectivity index (χ2v) is 2.15. The van der Waals surface area contributed by atoms with Gasteiger partial charge < -0.3 is 9.47 Å². The zero-order valence-corrected chi connectivity index (χ0v) is 9.37. The monoisotopic (exact) mass is 261 g/mol. The molecule has 0 unspecified atom stereocenters. The van der Waals surface area contributed by atoms with Gasteiger partial charge in [0.25, 0.3) is 0 Å². The van der Waals surface area contributed by atoms with Gasteiger partial charge in [0.05, 0.1) is 20.8 Å². The van der Waals surface area contributed by atoms with Crippen molar-refractivity contribution in [3.8, 4) is 11.5 Å². The molecular weight excluding hydrogens is 253 g/mol. The number of nitrogens with zero attached hydrogens (tertiary/aromatic N) is 1. The van der Waals surface area contributed by atoms with Crippen molar-refractivity contribution >= 4 is 15.8 Å². The number of halogens is 1.